The number of carbonyl (C=O) groups is 1. The van der Waals surface area contributed by atoms with Gasteiger partial charge >= 0.3 is 11.7 Å². The summed E-state index contributed by atoms with van der Waals surface area (Å²) in [4.78, 5) is 25.2. The predicted molar refractivity (Wildman–Crippen MR) is 65.5 cm³/mol. The monoisotopic (exact) mass is 253 g/mol. The molecule has 7 heteroatoms. The van der Waals surface area contributed by atoms with E-state index in [9.17, 15) is 14.9 Å². The van der Waals surface area contributed by atoms with Crippen LogP contribution in [-0.4, -0.2) is 27.0 Å². The first-order valence-electron chi connectivity index (χ1n) is 5.43. The topological polar surface area (TPSA) is 105 Å². The highest BCUT2D eigenvalue weighted by Crippen LogP contribution is 2.24. The molecule has 1 aromatic rings. The molecule has 0 aliphatic heterocycles. The van der Waals surface area contributed by atoms with Gasteiger partial charge in [-0.15, -0.1) is 0 Å². The summed E-state index contributed by atoms with van der Waals surface area (Å²) < 4.78 is 0. The van der Waals surface area contributed by atoms with Crippen LogP contribution in [-0.2, 0) is 4.79 Å². The third-order valence-electron chi connectivity index (χ3n) is 2.43. The Hall–Kier alpha value is -2.18. The minimum atomic E-state index is -1.07. The van der Waals surface area contributed by atoms with Gasteiger partial charge in [0.05, 0.1) is 4.92 Å². The van der Waals surface area contributed by atoms with Crippen molar-refractivity contribution in [2.45, 2.75) is 26.8 Å². The minimum absolute atomic E-state index is 0.0216. The zero-order valence-electron chi connectivity index (χ0n) is 10.4. The van der Waals surface area contributed by atoms with Gasteiger partial charge in [0.2, 0.25) is 5.82 Å². The van der Waals surface area contributed by atoms with Gasteiger partial charge in [0.25, 0.3) is 0 Å². The van der Waals surface area contributed by atoms with Gasteiger partial charge in [-0.05, 0) is 18.4 Å². The SMILES string of the molecule is Cc1cnc(NC(C(=O)O)C(C)C)c([N+](=O)[O-])c1. The largest absolute Gasteiger partial charge is 0.480 e. The number of aryl methyl sites for hydroxylation is 1. The molecule has 7 nitrogen and oxygen atoms in total. The molecule has 0 saturated carbocycles. The van der Waals surface area contributed by atoms with E-state index >= 15 is 0 Å². The number of anilines is 1. The van der Waals surface area contributed by atoms with Crippen LogP contribution in [0.1, 0.15) is 19.4 Å². The van der Waals surface area contributed by atoms with Crippen LogP contribution in [0.25, 0.3) is 0 Å². The lowest BCUT2D eigenvalue weighted by Gasteiger charge is -2.18. The van der Waals surface area contributed by atoms with Crippen molar-refractivity contribution in [3.63, 3.8) is 0 Å². The summed E-state index contributed by atoms with van der Waals surface area (Å²) in [5, 5.41) is 22.5. The molecule has 1 heterocycles. The van der Waals surface area contributed by atoms with Crippen molar-refractivity contribution in [1.82, 2.24) is 4.98 Å². The number of nitro groups is 1. The molecule has 2 N–H and O–H groups in total. The molecule has 98 valence electrons. The fourth-order valence-corrected chi connectivity index (χ4v) is 1.47. The van der Waals surface area contributed by atoms with Crippen molar-refractivity contribution in [3.8, 4) is 0 Å². The lowest BCUT2D eigenvalue weighted by molar-refractivity contribution is -0.384. The Morgan fingerprint density at radius 3 is 2.61 bits per heavy atom. The quantitative estimate of drug-likeness (QED) is 0.612. The van der Waals surface area contributed by atoms with Crippen LogP contribution < -0.4 is 5.32 Å². The van der Waals surface area contributed by atoms with Crippen LogP contribution in [0, 0.1) is 23.0 Å². The van der Waals surface area contributed by atoms with Crippen molar-refractivity contribution >= 4 is 17.5 Å². The highest BCUT2D eigenvalue weighted by molar-refractivity contribution is 5.78. The molecule has 0 aliphatic rings. The molecule has 0 fully saturated rings. The van der Waals surface area contributed by atoms with E-state index in [0.29, 0.717) is 5.56 Å². The van der Waals surface area contributed by atoms with Crippen molar-refractivity contribution in [3.05, 3.63) is 27.9 Å². The maximum Gasteiger partial charge on any atom is 0.326 e. The molecular formula is C11H15N3O4. The number of rotatable bonds is 5. The van der Waals surface area contributed by atoms with Gasteiger partial charge in [-0.1, -0.05) is 13.8 Å². The third kappa shape index (κ3) is 3.16. The molecule has 0 aliphatic carbocycles. The maximum atomic E-state index is 11.0. The van der Waals surface area contributed by atoms with E-state index in [1.54, 1.807) is 20.8 Å². The molecule has 0 amide bonds. The number of hydrogen-bond acceptors (Lipinski definition) is 5. The third-order valence-corrected chi connectivity index (χ3v) is 2.43. The second kappa shape index (κ2) is 5.44. The number of carboxylic acids is 1. The summed E-state index contributed by atoms with van der Waals surface area (Å²) in [6, 6.07) is 0.438. The number of aromatic nitrogens is 1. The van der Waals surface area contributed by atoms with Crippen LogP contribution in [0.4, 0.5) is 11.5 Å². The highest BCUT2D eigenvalue weighted by Gasteiger charge is 2.25. The fourth-order valence-electron chi connectivity index (χ4n) is 1.47. The molecule has 0 bridgehead atoms. The van der Waals surface area contributed by atoms with Gasteiger partial charge in [-0.2, -0.15) is 0 Å². The Morgan fingerprint density at radius 1 is 1.56 bits per heavy atom. The van der Waals surface area contributed by atoms with Crippen molar-refractivity contribution < 1.29 is 14.8 Å². The minimum Gasteiger partial charge on any atom is -0.480 e. The van der Waals surface area contributed by atoms with Gasteiger partial charge in [0.1, 0.15) is 6.04 Å². The van der Waals surface area contributed by atoms with E-state index < -0.39 is 16.9 Å². The van der Waals surface area contributed by atoms with Gasteiger partial charge in [-0.25, -0.2) is 9.78 Å². The van der Waals surface area contributed by atoms with Gasteiger partial charge in [-0.3, -0.25) is 10.1 Å². The molecule has 0 radical (unpaired) electrons. The first-order chi connectivity index (χ1) is 8.32. The molecule has 0 aromatic carbocycles. The van der Waals surface area contributed by atoms with Crippen molar-refractivity contribution in [2.24, 2.45) is 5.92 Å². The first-order valence-corrected chi connectivity index (χ1v) is 5.43. The van der Waals surface area contributed by atoms with Crippen molar-refractivity contribution in [1.29, 1.82) is 0 Å². The Labute approximate surface area is 104 Å². The van der Waals surface area contributed by atoms with E-state index in [-0.39, 0.29) is 17.4 Å². The van der Waals surface area contributed by atoms with Crippen molar-refractivity contribution in [2.75, 3.05) is 5.32 Å². The molecule has 1 atom stereocenters. The Morgan fingerprint density at radius 2 is 2.17 bits per heavy atom. The van der Waals surface area contributed by atoms with E-state index in [1.807, 2.05) is 0 Å². The smallest absolute Gasteiger partial charge is 0.326 e. The Kier molecular flexibility index (Phi) is 4.19. The molecule has 0 saturated heterocycles. The van der Waals surface area contributed by atoms with E-state index in [2.05, 4.69) is 10.3 Å². The molecular weight excluding hydrogens is 238 g/mol. The zero-order chi connectivity index (χ0) is 13.9. The lowest BCUT2D eigenvalue weighted by atomic mass is 10.0. The van der Waals surface area contributed by atoms with Gasteiger partial charge in [0, 0.05) is 12.3 Å². The summed E-state index contributed by atoms with van der Waals surface area (Å²) in [6.45, 7) is 5.11. The Balaban J connectivity index is 3.10. The molecule has 18 heavy (non-hydrogen) atoms. The number of carboxylic acid groups (broad SMARTS) is 1. The highest BCUT2D eigenvalue weighted by atomic mass is 16.6. The number of pyridine rings is 1. The second-order valence-electron chi connectivity index (χ2n) is 4.34. The predicted octanol–water partition coefficient (Wildman–Crippen LogP) is 1.82. The van der Waals surface area contributed by atoms with E-state index in [4.69, 9.17) is 5.11 Å². The average molecular weight is 253 g/mol. The summed E-state index contributed by atoms with van der Waals surface area (Å²) in [7, 11) is 0. The maximum absolute atomic E-state index is 11.0. The number of nitrogens with one attached hydrogen (secondary N) is 1. The Bertz CT molecular complexity index is 473. The summed E-state index contributed by atoms with van der Waals surface area (Å²) in [5.41, 5.74) is 0.422. The van der Waals surface area contributed by atoms with Gasteiger partial charge in [0.15, 0.2) is 0 Å². The zero-order valence-corrected chi connectivity index (χ0v) is 10.4. The standard InChI is InChI=1S/C11H15N3O4/c1-6(2)9(11(15)16)13-10-8(14(17)18)4-7(3)5-12-10/h4-6,9H,1-3H3,(H,12,13)(H,15,16). The van der Waals surface area contributed by atoms with Crippen LogP contribution in [0.5, 0.6) is 0 Å². The van der Waals surface area contributed by atoms with E-state index in [1.165, 1.54) is 12.3 Å². The van der Waals surface area contributed by atoms with Crippen LogP contribution in [0.15, 0.2) is 12.3 Å². The normalized spacial score (nSPS) is 12.2. The first kappa shape index (κ1) is 13.9. The molecule has 1 aromatic heterocycles. The van der Waals surface area contributed by atoms with E-state index in [0.717, 1.165) is 0 Å². The number of hydrogen-bond donors (Lipinski definition) is 2. The summed E-state index contributed by atoms with van der Waals surface area (Å²) >= 11 is 0. The molecule has 1 rings (SSSR count). The average Bonchev–Trinajstić information content (AvgIpc) is 2.25. The number of aliphatic carboxylic acids is 1. The number of nitrogens with zero attached hydrogens (tertiary/aromatic N) is 2. The summed E-state index contributed by atoms with van der Waals surface area (Å²) in [5.74, 6) is -1.31. The van der Waals surface area contributed by atoms with Crippen LogP contribution in [0.3, 0.4) is 0 Å². The second-order valence-corrected chi connectivity index (χ2v) is 4.34. The lowest BCUT2D eigenvalue weighted by Crippen LogP contribution is -2.34. The van der Waals surface area contributed by atoms with Gasteiger partial charge < -0.3 is 10.4 Å². The fraction of sp³-hybridized carbons (Fsp3) is 0.455. The van der Waals surface area contributed by atoms with Crippen LogP contribution >= 0.6 is 0 Å². The molecule has 1 unspecified atom stereocenters. The van der Waals surface area contributed by atoms with Crippen LogP contribution in [0.2, 0.25) is 0 Å². The molecule has 0 spiro atoms. The summed E-state index contributed by atoms with van der Waals surface area (Å²) in [6.07, 6.45) is 1.45.